The van der Waals surface area contributed by atoms with Crippen molar-refractivity contribution in [3.05, 3.63) is 29.3 Å². The number of nitrogens with zero attached hydrogens (tertiary/aromatic N) is 1. The molecule has 0 radical (unpaired) electrons. The van der Waals surface area contributed by atoms with E-state index < -0.39 is 48.8 Å². The zero-order valence-corrected chi connectivity index (χ0v) is 28.8. The number of aldehydes is 1. The van der Waals surface area contributed by atoms with Gasteiger partial charge < -0.3 is 65.1 Å². The van der Waals surface area contributed by atoms with Gasteiger partial charge in [0.2, 0.25) is 18.1 Å². The van der Waals surface area contributed by atoms with Crippen LogP contribution >= 0.6 is 12.0 Å². The number of carboxylic acid groups (broad SMARTS) is 1. The molecule has 0 aliphatic carbocycles. The van der Waals surface area contributed by atoms with E-state index in [-0.39, 0.29) is 62.8 Å². The number of amides is 3. The minimum atomic E-state index is -1.90. The molecule has 1 aliphatic heterocycles. The second kappa shape index (κ2) is 22.3. The number of aliphatic carboxylic acids is 1. The summed E-state index contributed by atoms with van der Waals surface area (Å²) >= 11 is 0.635. The van der Waals surface area contributed by atoms with Crippen molar-refractivity contribution in [2.24, 2.45) is 5.73 Å². The Morgan fingerprint density at radius 3 is 2.50 bits per heavy atom. The number of aryl methyl sites for hydroxylation is 1. The summed E-state index contributed by atoms with van der Waals surface area (Å²) in [7, 11) is 1.71. The summed E-state index contributed by atoms with van der Waals surface area (Å²) in [4.78, 5) is 60.5. The van der Waals surface area contributed by atoms with Crippen LogP contribution in [0.25, 0.3) is 0 Å². The van der Waals surface area contributed by atoms with Crippen LogP contribution in [-0.2, 0) is 46.4 Å². The third-order valence-electron chi connectivity index (χ3n) is 7.78. The number of aliphatic hydroxyl groups excluding tert-OH is 3. The van der Waals surface area contributed by atoms with Gasteiger partial charge in [-0.1, -0.05) is 19.1 Å². The van der Waals surface area contributed by atoms with Crippen molar-refractivity contribution < 1.29 is 67.9 Å². The molecular weight excluding hydrogens is 684 g/mol. The van der Waals surface area contributed by atoms with Gasteiger partial charge in [0.1, 0.15) is 37.0 Å². The number of carbonyl (C=O) groups is 5. The van der Waals surface area contributed by atoms with Crippen LogP contribution in [0.2, 0.25) is 0 Å². The van der Waals surface area contributed by atoms with Gasteiger partial charge in [0, 0.05) is 30.3 Å². The van der Waals surface area contributed by atoms with E-state index in [1.807, 2.05) is 0 Å². The van der Waals surface area contributed by atoms with Crippen LogP contribution in [0.4, 0.5) is 4.79 Å². The highest BCUT2D eigenvalue weighted by atomic mass is 32.2. The van der Waals surface area contributed by atoms with Gasteiger partial charge in [-0.15, -0.1) is 0 Å². The number of benzene rings is 1. The maximum atomic E-state index is 12.7. The highest BCUT2D eigenvalue weighted by Gasteiger charge is 2.48. The normalized spacial score (nSPS) is 21.5. The Labute approximate surface area is 293 Å². The maximum Gasteiger partial charge on any atom is 0.404 e. The molecule has 2 rings (SSSR count). The quantitative estimate of drug-likeness (QED) is 0.0381. The molecule has 3 amide bonds. The van der Waals surface area contributed by atoms with E-state index in [9.17, 15) is 44.4 Å². The van der Waals surface area contributed by atoms with Crippen molar-refractivity contribution in [1.29, 1.82) is 0 Å². The summed E-state index contributed by atoms with van der Waals surface area (Å²) in [5, 5.41) is 45.3. The summed E-state index contributed by atoms with van der Waals surface area (Å²) in [5.74, 6) is -1.72. The smallest absolute Gasteiger partial charge is 0.404 e. The van der Waals surface area contributed by atoms with E-state index in [0.717, 1.165) is 5.56 Å². The number of hydrogen-bond acceptors (Lipinski definition) is 15. The van der Waals surface area contributed by atoms with Crippen molar-refractivity contribution in [1.82, 2.24) is 15.5 Å². The van der Waals surface area contributed by atoms with Crippen molar-refractivity contribution >= 4 is 42.2 Å². The molecule has 0 spiro atoms. The highest BCUT2D eigenvalue weighted by Crippen LogP contribution is 2.29. The largest absolute Gasteiger partial charge is 0.479 e. The molecule has 0 aromatic heterocycles. The average molecular weight is 733 g/mol. The number of nitrogens with one attached hydrogen (secondary N) is 2. The fraction of sp³-hybridized carbons (Fsp3) is 0.645. The van der Waals surface area contributed by atoms with Crippen molar-refractivity contribution in [2.75, 3.05) is 39.1 Å². The molecule has 7 atom stereocenters. The van der Waals surface area contributed by atoms with Gasteiger partial charge in [-0.05, 0) is 56.4 Å². The SMILES string of the molecule is CCC(=O)N[C@H](C=O)C[C@@H](COCCSO)N(C)CC(=O)NCCCCc1ccc(COC(N)=O)c(OC2OC(C(=O)O)[C@@H](O)C(O)[C@H]2O)c1. The third kappa shape index (κ3) is 14.4. The lowest BCUT2D eigenvalue weighted by atomic mass is 9.99. The van der Waals surface area contributed by atoms with Crippen molar-refractivity contribution in [3.63, 3.8) is 0 Å². The highest BCUT2D eigenvalue weighted by molar-refractivity contribution is 7.93. The van der Waals surface area contributed by atoms with E-state index in [1.54, 1.807) is 37.1 Å². The van der Waals surface area contributed by atoms with Crippen LogP contribution in [-0.4, -0.2) is 142 Å². The topological polar surface area (TPSA) is 277 Å². The summed E-state index contributed by atoms with van der Waals surface area (Å²) in [6, 6.07) is 3.73. The zero-order valence-electron chi connectivity index (χ0n) is 28.0. The maximum absolute atomic E-state index is 12.7. The van der Waals surface area contributed by atoms with Crippen molar-refractivity contribution in [2.45, 2.75) is 88.4 Å². The second-order valence-electron chi connectivity index (χ2n) is 11.6. The van der Waals surface area contributed by atoms with Gasteiger partial charge in [0.25, 0.3) is 0 Å². The predicted molar refractivity (Wildman–Crippen MR) is 177 cm³/mol. The molecule has 1 aromatic rings. The molecule has 19 heteroatoms. The first-order chi connectivity index (χ1) is 23.8. The Bertz CT molecular complexity index is 1260. The van der Waals surface area contributed by atoms with Gasteiger partial charge in [0.05, 0.1) is 25.8 Å². The number of hydrogen-bond donors (Lipinski definition) is 8. The van der Waals surface area contributed by atoms with Crippen LogP contribution in [0.5, 0.6) is 5.75 Å². The van der Waals surface area contributed by atoms with Crippen molar-refractivity contribution in [3.8, 4) is 5.75 Å². The van der Waals surface area contributed by atoms with E-state index in [0.29, 0.717) is 55.5 Å². The Balaban J connectivity index is 1.96. The molecule has 1 heterocycles. The van der Waals surface area contributed by atoms with E-state index in [2.05, 4.69) is 10.6 Å². The number of nitrogens with two attached hydrogens (primary N) is 1. The van der Waals surface area contributed by atoms with Gasteiger partial charge in [0.15, 0.2) is 6.10 Å². The Morgan fingerprint density at radius 2 is 1.86 bits per heavy atom. The molecular formula is C31H48N4O14S. The van der Waals surface area contributed by atoms with Gasteiger partial charge in [-0.3, -0.25) is 14.5 Å². The summed E-state index contributed by atoms with van der Waals surface area (Å²) in [6.45, 7) is 2.12. The Morgan fingerprint density at radius 1 is 1.12 bits per heavy atom. The first-order valence-electron chi connectivity index (χ1n) is 16.0. The van der Waals surface area contributed by atoms with Gasteiger partial charge in [-0.2, -0.15) is 0 Å². The van der Waals surface area contributed by atoms with Crippen LogP contribution in [0.15, 0.2) is 18.2 Å². The lowest BCUT2D eigenvalue weighted by Crippen LogP contribution is -2.61. The van der Waals surface area contributed by atoms with Crippen LogP contribution in [0.1, 0.15) is 43.7 Å². The molecule has 1 aromatic carbocycles. The third-order valence-corrected chi connectivity index (χ3v) is 8.12. The lowest BCUT2D eigenvalue weighted by Gasteiger charge is -2.38. The zero-order chi connectivity index (χ0) is 37.2. The predicted octanol–water partition coefficient (Wildman–Crippen LogP) is -1.00. The number of primary amides is 1. The lowest BCUT2D eigenvalue weighted by molar-refractivity contribution is -0.271. The van der Waals surface area contributed by atoms with Crippen LogP contribution < -0.4 is 21.1 Å². The van der Waals surface area contributed by atoms with Crippen LogP contribution in [0, 0.1) is 0 Å². The van der Waals surface area contributed by atoms with Gasteiger partial charge in [-0.25, -0.2) is 9.59 Å². The number of unbranched alkanes of at least 4 members (excludes halogenated alkanes) is 1. The molecule has 0 saturated carbocycles. The Kier molecular flexibility index (Phi) is 19.0. The van der Waals surface area contributed by atoms with E-state index in [4.69, 9.17) is 29.2 Å². The first-order valence-corrected chi connectivity index (χ1v) is 16.9. The van der Waals surface area contributed by atoms with E-state index in [1.165, 1.54) is 0 Å². The minimum absolute atomic E-state index is 0.00480. The van der Waals surface area contributed by atoms with E-state index >= 15 is 0 Å². The fourth-order valence-corrected chi connectivity index (χ4v) is 5.13. The minimum Gasteiger partial charge on any atom is -0.479 e. The number of aliphatic hydroxyl groups is 3. The monoisotopic (exact) mass is 732 g/mol. The number of carboxylic acids is 1. The van der Waals surface area contributed by atoms with Crippen LogP contribution in [0.3, 0.4) is 0 Å². The number of likely N-dealkylation sites (N-methyl/N-ethyl adjacent to an activating group) is 1. The summed E-state index contributed by atoms with van der Waals surface area (Å²) < 4.78 is 30.3. The summed E-state index contributed by atoms with van der Waals surface area (Å²) in [5.41, 5.74) is 6.11. The molecule has 282 valence electrons. The summed E-state index contributed by atoms with van der Waals surface area (Å²) in [6.07, 6.45) is -7.44. The number of carbonyl (C=O) groups excluding carboxylic acids is 4. The number of ether oxygens (including phenoxy) is 4. The molecule has 1 aliphatic rings. The first kappa shape index (κ1) is 42.6. The molecule has 50 heavy (non-hydrogen) atoms. The molecule has 1 saturated heterocycles. The molecule has 1 fully saturated rings. The molecule has 18 nitrogen and oxygen atoms in total. The second-order valence-corrected chi connectivity index (χ2v) is 12.3. The fourth-order valence-electron chi connectivity index (χ4n) is 4.94. The molecule has 9 N–H and O–H groups in total. The van der Waals surface area contributed by atoms with Gasteiger partial charge >= 0.3 is 12.1 Å². The number of rotatable bonds is 23. The molecule has 3 unspecified atom stereocenters. The molecule has 0 bridgehead atoms. The average Bonchev–Trinajstić information content (AvgIpc) is 3.08. The standard InChI is InChI=1S/C31H48N4O14S/c1-3-23(37)34-20(15-36)13-21(17-46-10-11-50-45)35(2)14-24(38)33-9-5-4-6-18-7-8-19(16-47-31(32)44)22(12-18)48-30-27(41)25(39)26(40)28(49-30)29(42)43/h7-8,12,15,20-21,25-28,30,39-41,45H,3-6,9-11,13-14,16-17H2,1-2H3,(H2,32,44)(H,33,38)(H,34,37)(H,42,43)/t20-,21-,25?,26-,27+,28?,30?/m0/s1. The Hall–Kier alpha value is -3.56.